The number of benzene rings is 2. The van der Waals surface area contributed by atoms with E-state index in [1.165, 1.54) is 0 Å². The van der Waals surface area contributed by atoms with Crippen LogP contribution in [0.2, 0.25) is 0 Å². The molecule has 1 aliphatic heterocycles. The number of nitriles is 1. The van der Waals surface area contributed by atoms with Crippen molar-refractivity contribution in [1.82, 2.24) is 4.98 Å². The number of nitrogens with zero attached hydrogens (tertiary/aromatic N) is 2. The fraction of sp³-hybridized carbons (Fsp3) is 0.0870. The number of rotatable bonds is 3. The van der Waals surface area contributed by atoms with Crippen LogP contribution in [-0.2, 0) is 0 Å². The fourth-order valence-corrected chi connectivity index (χ4v) is 4.63. The van der Waals surface area contributed by atoms with E-state index in [1.807, 2.05) is 31.2 Å². The number of amides is 1. The van der Waals surface area contributed by atoms with Crippen molar-refractivity contribution in [3.63, 3.8) is 0 Å². The van der Waals surface area contributed by atoms with Crippen LogP contribution in [0.25, 0.3) is 21.3 Å². The van der Waals surface area contributed by atoms with E-state index in [4.69, 9.17) is 20.9 Å². The van der Waals surface area contributed by atoms with Crippen molar-refractivity contribution < 1.29 is 14.3 Å². The summed E-state index contributed by atoms with van der Waals surface area (Å²) < 4.78 is 10.7. The molecule has 5 rings (SSSR count). The van der Waals surface area contributed by atoms with Crippen LogP contribution in [0.5, 0.6) is 11.5 Å². The van der Waals surface area contributed by atoms with E-state index >= 15 is 0 Å². The smallest absolute Gasteiger partial charge is 0.267 e. The zero-order valence-corrected chi connectivity index (χ0v) is 17.7. The highest BCUT2D eigenvalue weighted by atomic mass is 32.1. The molecule has 0 radical (unpaired) electrons. The first-order valence-corrected chi connectivity index (χ1v) is 10.5. The van der Waals surface area contributed by atoms with Gasteiger partial charge in [0.15, 0.2) is 11.5 Å². The molecule has 0 aliphatic carbocycles. The van der Waals surface area contributed by atoms with Crippen LogP contribution in [-0.4, -0.2) is 17.7 Å². The Labute approximate surface area is 187 Å². The summed E-state index contributed by atoms with van der Waals surface area (Å²) in [4.78, 5) is 18.2. The Morgan fingerprint density at radius 2 is 1.91 bits per heavy atom. The average Bonchev–Trinajstić information content (AvgIpc) is 3.37. The molecule has 0 saturated carbocycles. The van der Waals surface area contributed by atoms with Crippen LogP contribution in [0.4, 0.5) is 17.2 Å². The summed E-state index contributed by atoms with van der Waals surface area (Å²) in [6.45, 7) is 2.12. The second kappa shape index (κ2) is 7.44. The molecular formula is C23H17N5O3S. The Hall–Kier alpha value is -4.29. The standard InChI is InChI=1S/C23H17N5O3S/c1-11-2-4-12(5-3-11)17-14(9-24)21(26)28-23-18(17)19(25)20(32-23)22(29)27-13-6-7-15-16(8-13)31-10-30-15/h2-8H,10,25H2,1H3,(H2,26,28)(H,27,29). The Kier molecular flexibility index (Phi) is 4.57. The Morgan fingerprint density at radius 1 is 1.16 bits per heavy atom. The number of carbonyl (C=O) groups is 1. The van der Waals surface area contributed by atoms with Crippen molar-refractivity contribution in [1.29, 1.82) is 5.26 Å². The minimum absolute atomic E-state index is 0.0968. The Morgan fingerprint density at radius 3 is 2.66 bits per heavy atom. The molecule has 1 amide bonds. The molecule has 5 N–H and O–H groups in total. The fourth-order valence-electron chi connectivity index (χ4n) is 3.62. The first-order valence-electron chi connectivity index (χ1n) is 9.66. The van der Waals surface area contributed by atoms with Gasteiger partial charge in [-0.2, -0.15) is 5.26 Å². The lowest BCUT2D eigenvalue weighted by Gasteiger charge is -2.10. The summed E-state index contributed by atoms with van der Waals surface area (Å²) >= 11 is 1.13. The van der Waals surface area contributed by atoms with Gasteiger partial charge in [0.25, 0.3) is 5.91 Å². The highest BCUT2D eigenvalue weighted by molar-refractivity contribution is 7.21. The van der Waals surface area contributed by atoms with Crippen molar-refractivity contribution in [2.75, 3.05) is 23.6 Å². The number of nitrogens with one attached hydrogen (secondary N) is 1. The number of thiophene rings is 1. The SMILES string of the molecule is Cc1ccc(-c2c(C#N)c(N)nc3sc(C(=O)Nc4ccc5c(c4)OCO5)c(N)c23)cc1. The van der Waals surface area contributed by atoms with E-state index < -0.39 is 5.91 Å². The lowest BCUT2D eigenvalue weighted by Crippen LogP contribution is -2.12. The monoisotopic (exact) mass is 443 g/mol. The summed E-state index contributed by atoms with van der Waals surface area (Å²) in [7, 11) is 0. The molecule has 2 aromatic heterocycles. The first-order chi connectivity index (χ1) is 15.5. The number of aromatic nitrogens is 1. The molecule has 8 nitrogen and oxygen atoms in total. The molecule has 0 spiro atoms. The molecule has 9 heteroatoms. The van der Waals surface area contributed by atoms with Crippen molar-refractivity contribution >= 4 is 44.7 Å². The third-order valence-corrected chi connectivity index (χ3v) is 6.29. The van der Waals surface area contributed by atoms with Gasteiger partial charge in [0.1, 0.15) is 27.2 Å². The topological polar surface area (TPSA) is 136 Å². The molecule has 0 saturated heterocycles. The first kappa shape index (κ1) is 19.7. The minimum atomic E-state index is -0.392. The summed E-state index contributed by atoms with van der Waals surface area (Å²) in [6.07, 6.45) is 0. The molecule has 0 fully saturated rings. The second-order valence-corrected chi connectivity index (χ2v) is 8.27. The third-order valence-electron chi connectivity index (χ3n) is 5.19. The zero-order chi connectivity index (χ0) is 22.4. The highest BCUT2D eigenvalue weighted by Gasteiger charge is 2.24. The predicted molar refractivity (Wildman–Crippen MR) is 124 cm³/mol. The number of anilines is 3. The quantitative estimate of drug-likeness (QED) is 0.430. The van der Waals surface area contributed by atoms with Crippen LogP contribution in [0, 0.1) is 18.3 Å². The molecule has 32 heavy (non-hydrogen) atoms. The van der Waals surface area contributed by atoms with Gasteiger partial charge < -0.3 is 26.3 Å². The van der Waals surface area contributed by atoms with Crippen LogP contribution in [0.15, 0.2) is 42.5 Å². The van der Waals surface area contributed by atoms with Crippen molar-refractivity contribution in [2.24, 2.45) is 0 Å². The predicted octanol–water partition coefficient (Wildman–Crippen LogP) is 4.29. The number of pyridine rings is 1. The van der Waals surface area contributed by atoms with Gasteiger partial charge in [-0.25, -0.2) is 4.98 Å². The van der Waals surface area contributed by atoms with Crippen LogP contribution in [0.1, 0.15) is 20.8 Å². The van der Waals surface area contributed by atoms with Gasteiger partial charge in [-0.05, 0) is 24.6 Å². The van der Waals surface area contributed by atoms with Gasteiger partial charge in [-0.1, -0.05) is 29.8 Å². The van der Waals surface area contributed by atoms with E-state index in [9.17, 15) is 10.1 Å². The number of hydrogen-bond donors (Lipinski definition) is 3. The lowest BCUT2D eigenvalue weighted by atomic mass is 9.96. The van der Waals surface area contributed by atoms with Gasteiger partial charge >= 0.3 is 0 Å². The summed E-state index contributed by atoms with van der Waals surface area (Å²) in [5.74, 6) is 0.883. The third kappa shape index (κ3) is 3.14. The van der Waals surface area contributed by atoms with Gasteiger partial charge in [0.2, 0.25) is 6.79 Å². The second-order valence-electron chi connectivity index (χ2n) is 7.27. The van der Waals surface area contributed by atoms with Crippen LogP contribution >= 0.6 is 11.3 Å². The van der Waals surface area contributed by atoms with Crippen molar-refractivity contribution in [2.45, 2.75) is 6.92 Å². The molecule has 3 heterocycles. The van der Waals surface area contributed by atoms with Crippen molar-refractivity contribution in [3.8, 4) is 28.7 Å². The number of ether oxygens (including phenoxy) is 2. The molecule has 158 valence electrons. The van der Waals surface area contributed by atoms with Crippen molar-refractivity contribution in [3.05, 3.63) is 58.5 Å². The highest BCUT2D eigenvalue weighted by Crippen LogP contribution is 2.43. The number of carbonyl (C=O) groups excluding carboxylic acids is 1. The summed E-state index contributed by atoms with van der Waals surface area (Å²) in [5.41, 5.74) is 16.0. The minimum Gasteiger partial charge on any atom is -0.454 e. The van der Waals surface area contributed by atoms with E-state index in [2.05, 4.69) is 16.4 Å². The van der Waals surface area contributed by atoms with Gasteiger partial charge in [0.05, 0.1) is 5.69 Å². The van der Waals surface area contributed by atoms with Crippen LogP contribution in [0.3, 0.4) is 0 Å². The Bertz CT molecular complexity index is 1440. The normalized spacial score (nSPS) is 12.0. The van der Waals surface area contributed by atoms with E-state index in [0.717, 1.165) is 22.5 Å². The molecular weight excluding hydrogens is 426 g/mol. The van der Waals surface area contributed by atoms with E-state index in [1.54, 1.807) is 18.2 Å². The lowest BCUT2D eigenvalue weighted by molar-refractivity contribution is 0.103. The molecule has 0 atom stereocenters. The van der Waals surface area contributed by atoms with Crippen LogP contribution < -0.4 is 26.3 Å². The van der Waals surface area contributed by atoms with E-state index in [0.29, 0.717) is 33.0 Å². The van der Waals surface area contributed by atoms with E-state index in [-0.39, 0.29) is 28.7 Å². The van der Waals surface area contributed by atoms with Gasteiger partial charge in [-0.15, -0.1) is 11.3 Å². The maximum absolute atomic E-state index is 13.1. The summed E-state index contributed by atoms with van der Waals surface area (Å²) in [6, 6.07) is 14.9. The average molecular weight is 443 g/mol. The molecule has 0 bridgehead atoms. The number of nitrogen functional groups attached to an aromatic ring is 2. The maximum atomic E-state index is 13.1. The number of aryl methyl sites for hydroxylation is 1. The molecule has 1 aliphatic rings. The molecule has 0 unspecified atom stereocenters. The molecule has 2 aromatic carbocycles. The largest absolute Gasteiger partial charge is 0.454 e. The van der Waals surface area contributed by atoms with Gasteiger partial charge in [-0.3, -0.25) is 4.79 Å². The number of nitrogens with two attached hydrogens (primary N) is 2. The zero-order valence-electron chi connectivity index (χ0n) is 16.9. The van der Waals surface area contributed by atoms with Gasteiger partial charge in [0, 0.05) is 22.7 Å². The number of hydrogen-bond acceptors (Lipinski definition) is 8. The summed E-state index contributed by atoms with van der Waals surface area (Å²) in [5, 5.41) is 13.1. The number of fused-ring (bicyclic) bond motifs is 2. The maximum Gasteiger partial charge on any atom is 0.267 e. The molecule has 4 aromatic rings. The Balaban J connectivity index is 1.62.